The second-order valence-electron chi connectivity index (χ2n) is 8.58. The first-order valence-electron chi connectivity index (χ1n) is 10.7. The number of rotatable bonds is 10. The van der Waals surface area contributed by atoms with E-state index in [1.807, 2.05) is 51.1 Å². The van der Waals surface area contributed by atoms with Gasteiger partial charge in [-0.3, -0.25) is 13.9 Å². The van der Waals surface area contributed by atoms with Gasteiger partial charge in [0.25, 0.3) is 0 Å². The summed E-state index contributed by atoms with van der Waals surface area (Å²) in [6.45, 7) is 7.73. The Morgan fingerprint density at radius 1 is 1.06 bits per heavy atom. The maximum atomic E-state index is 13.5. The number of amides is 2. The maximum absolute atomic E-state index is 13.5. The fourth-order valence-electron chi connectivity index (χ4n) is 3.26. The topological polar surface area (TPSA) is 86.8 Å². The number of anilines is 1. The lowest BCUT2D eigenvalue weighted by molar-refractivity contribution is -0.139. The predicted octanol–water partition coefficient (Wildman–Crippen LogP) is 3.71. The number of aryl methyl sites for hydroxylation is 1. The van der Waals surface area contributed by atoms with Crippen LogP contribution in [-0.4, -0.2) is 50.5 Å². The Morgan fingerprint density at radius 3 is 2.30 bits per heavy atom. The maximum Gasteiger partial charge on any atom is 0.244 e. The van der Waals surface area contributed by atoms with Gasteiger partial charge in [0, 0.05) is 17.6 Å². The van der Waals surface area contributed by atoms with Crippen LogP contribution in [-0.2, 0) is 26.2 Å². The number of benzene rings is 2. The lowest BCUT2D eigenvalue weighted by Gasteiger charge is -2.31. The van der Waals surface area contributed by atoms with Crippen molar-refractivity contribution in [2.75, 3.05) is 23.7 Å². The molecule has 0 spiro atoms. The number of carbonyl (C=O) groups excluding carboxylic acids is 2. The summed E-state index contributed by atoms with van der Waals surface area (Å²) in [6.07, 6.45) is 1.07. The Labute approximate surface area is 205 Å². The van der Waals surface area contributed by atoms with E-state index in [0.29, 0.717) is 12.2 Å². The summed E-state index contributed by atoms with van der Waals surface area (Å²) in [6, 6.07) is 13.6. The number of hydrogen-bond donors (Lipinski definition) is 1. The van der Waals surface area contributed by atoms with Crippen molar-refractivity contribution in [3.63, 3.8) is 0 Å². The Hall–Kier alpha value is -2.39. The third-order valence-corrected chi connectivity index (χ3v) is 6.70. The van der Waals surface area contributed by atoms with Gasteiger partial charge in [-0.05, 0) is 55.2 Å². The molecule has 0 unspecified atom stereocenters. The van der Waals surface area contributed by atoms with E-state index in [4.69, 9.17) is 0 Å². The van der Waals surface area contributed by atoms with Crippen molar-refractivity contribution in [2.24, 2.45) is 5.92 Å². The zero-order valence-corrected chi connectivity index (χ0v) is 22.1. The molecule has 1 N–H and O–H groups in total. The number of nitrogens with one attached hydrogen (secondary N) is 1. The number of halogens is 1. The molecule has 0 aliphatic heterocycles. The van der Waals surface area contributed by atoms with Crippen LogP contribution in [0.2, 0.25) is 0 Å². The van der Waals surface area contributed by atoms with Crippen LogP contribution in [0, 0.1) is 12.8 Å². The molecule has 0 saturated heterocycles. The average Bonchev–Trinajstić information content (AvgIpc) is 2.72. The first-order valence-corrected chi connectivity index (χ1v) is 13.4. The normalized spacial score (nSPS) is 12.3. The lowest BCUT2D eigenvalue weighted by Crippen LogP contribution is -2.51. The first-order chi connectivity index (χ1) is 15.4. The van der Waals surface area contributed by atoms with E-state index >= 15 is 0 Å². The van der Waals surface area contributed by atoms with Crippen LogP contribution in [0.3, 0.4) is 0 Å². The molecule has 0 saturated carbocycles. The molecule has 0 heterocycles. The summed E-state index contributed by atoms with van der Waals surface area (Å²) in [7, 11) is -3.73. The van der Waals surface area contributed by atoms with E-state index in [2.05, 4.69) is 21.2 Å². The summed E-state index contributed by atoms with van der Waals surface area (Å²) in [5.74, 6) is -0.486. The van der Waals surface area contributed by atoms with E-state index in [0.717, 1.165) is 26.2 Å². The van der Waals surface area contributed by atoms with Crippen LogP contribution in [0.1, 0.15) is 31.9 Å². The zero-order chi connectivity index (χ0) is 24.8. The van der Waals surface area contributed by atoms with Crippen molar-refractivity contribution < 1.29 is 18.0 Å². The molecule has 0 radical (unpaired) electrons. The highest BCUT2D eigenvalue weighted by Gasteiger charge is 2.30. The van der Waals surface area contributed by atoms with Gasteiger partial charge in [0.1, 0.15) is 12.6 Å². The van der Waals surface area contributed by atoms with Gasteiger partial charge in [-0.25, -0.2) is 8.42 Å². The van der Waals surface area contributed by atoms with Gasteiger partial charge in [-0.1, -0.05) is 54.0 Å². The second-order valence-corrected chi connectivity index (χ2v) is 11.4. The van der Waals surface area contributed by atoms with Crippen LogP contribution >= 0.6 is 15.9 Å². The minimum atomic E-state index is -3.73. The van der Waals surface area contributed by atoms with Crippen molar-refractivity contribution in [1.82, 2.24) is 10.2 Å². The third kappa shape index (κ3) is 8.16. The fourth-order valence-corrected chi connectivity index (χ4v) is 4.55. The summed E-state index contributed by atoms with van der Waals surface area (Å²) < 4.78 is 27.0. The minimum Gasteiger partial charge on any atom is -0.354 e. The average molecular weight is 539 g/mol. The monoisotopic (exact) mass is 537 g/mol. The van der Waals surface area contributed by atoms with Crippen LogP contribution in [0.25, 0.3) is 0 Å². The van der Waals surface area contributed by atoms with Crippen molar-refractivity contribution in [1.29, 1.82) is 0 Å². The van der Waals surface area contributed by atoms with Crippen molar-refractivity contribution in [3.05, 3.63) is 64.1 Å². The first kappa shape index (κ1) is 26.9. The van der Waals surface area contributed by atoms with Crippen molar-refractivity contribution in [2.45, 2.75) is 40.3 Å². The molecule has 0 aliphatic carbocycles. The molecule has 33 heavy (non-hydrogen) atoms. The molecule has 1 atom stereocenters. The summed E-state index contributed by atoms with van der Waals surface area (Å²) in [5, 5.41) is 2.86. The Balaban J connectivity index is 2.36. The van der Waals surface area contributed by atoms with E-state index < -0.39 is 28.5 Å². The highest BCUT2D eigenvalue weighted by Crippen LogP contribution is 2.21. The van der Waals surface area contributed by atoms with Gasteiger partial charge in [-0.15, -0.1) is 0 Å². The smallest absolute Gasteiger partial charge is 0.244 e. The molecule has 0 fully saturated rings. The predicted molar refractivity (Wildman–Crippen MR) is 135 cm³/mol. The number of sulfonamides is 1. The van der Waals surface area contributed by atoms with Crippen molar-refractivity contribution >= 4 is 43.5 Å². The number of nitrogens with zero attached hydrogens (tertiary/aromatic N) is 2. The van der Waals surface area contributed by atoms with Crippen LogP contribution in [0.5, 0.6) is 0 Å². The standard InChI is InChI=1S/C24H32BrN3O4S/c1-17(2)14-26-24(30)19(4)27(15-20-9-7-10-21(25)13-20)23(29)16-28(33(5,31)32)22-11-6-8-18(3)12-22/h6-13,17,19H,14-16H2,1-5H3,(H,26,30)/t19-/m0/s1. The molecule has 0 aromatic heterocycles. The molecule has 2 aromatic rings. The Bertz CT molecular complexity index is 1090. The summed E-state index contributed by atoms with van der Waals surface area (Å²) in [4.78, 5) is 27.7. The SMILES string of the molecule is Cc1cccc(N(CC(=O)N(Cc2cccc(Br)c2)[C@@H](C)C(=O)NCC(C)C)S(C)(=O)=O)c1. The van der Waals surface area contributed by atoms with Gasteiger partial charge >= 0.3 is 0 Å². The van der Waals surface area contributed by atoms with E-state index in [1.54, 1.807) is 25.1 Å². The zero-order valence-electron chi connectivity index (χ0n) is 19.7. The molecule has 2 amide bonds. The van der Waals surface area contributed by atoms with Gasteiger partial charge in [-0.2, -0.15) is 0 Å². The van der Waals surface area contributed by atoms with Gasteiger partial charge < -0.3 is 10.2 Å². The second kappa shape index (κ2) is 11.7. The molecule has 0 bridgehead atoms. The van der Waals surface area contributed by atoms with Crippen LogP contribution in [0.4, 0.5) is 5.69 Å². The van der Waals surface area contributed by atoms with E-state index in [-0.39, 0.29) is 18.4 Å². The van der Waals surface area contributed by atoms with Gasteiger partial charge in [0.15, 0.2) is 0 Å². The Kier molecular flexibility index (Phi) is 9.48. The molecule has 7 nitrogen and oxygen atoms in total. The van der Waals surface area contributed by atoms with Crippen LogP contribution in [0.15, 0.2) is 53.0 Å². The number of carbonyl (C=O) groups is 2. The van der Waals surface area contributed by atoms with Crippen LogP contribution < -0.4 is 9.62 Å². The third-order valence-electron chi connectivity index (χ3n) is 5.06. The highest BCUT2D eigenvalue weighted by molar-refractivity contribution is 9.10. The molecule has 0 aliphatic rings. The van der Waals surface area contributed by atoms with Gasteiger partial charge in [0.05, 0.1) is 11.9 Å². The fraction of sp³-hybridized carbons (Fsp3) is 0.417. The molecule has 2 rings (SSSR count). The largest absolute Gasteiger partial charge is 0.354 e. The van der Waals surface area contributed by atoms with Gasteiger partial charge in [0.2, 0.25) is 21.8 Å². The molecule has 9 heteroatoms. The minimum absolute atomic E-state index is 0.167. The summed E-state index contributed by atoms with van der Waals surface area (Å²) >= 11 is 3.43. The quantitative estimate of drug-likeness (QED) is 0.500. The summed E-state index contributed by atoms with van der Waals surface area (Å²) in [5.41, 5.74) is 2.11. The van der Waals surface area contributed by atoms with E-state index in [9.17, 15) is 18.0 Å². The lowest BCUT2D eigenvalue weighted by atomic mass is 10.1. The van der Waals surface area contributed by atoms with Crippen molar-refractivity contribution in [3.8, 4) is 0 Å². The Morgan fingerprint density at radius 2 is 1.73 bits per heavy atom. The molecular formula is C24H32BrN3O4S. The number of hydrogen-bond acceptors (Lipinski definition) is 4. The molecular weight excluding hydrogens is 506 g/mol. The van der Waals surface area contributed by atoms with E-state index in [1.165, 1.54) is 4.90 Å². The molecule has 2 aromatic carbocycles. The highest BCUT2D eigenvalue weighted by atomic mass is 79.9. The molecule has 180 valence electrons.